The molecule has 1 atom stereocenters. The van der Waals surface area contributed by atoms with Crippen LogP contribution in [0.1, 0.15) is 6.92 Å². The fourth-order valence-electron chi connectivity index (χ4n) is 1.24. The van der Waals surface area contributed by atoms with Crippen molar-refractivity contribution in [1.82, 2.24) is 5.06 Å². The van der Waals surface area contributed by atoms with Gasteiger partial charge in [0.1, 0.15) is 0 Å². The minimum atomic E-state index is -1.38. The first kappa shape index (κ1) is 10.9. The number of hydrogen-bond donors (Lipinski definition) is 0. The second-order valence-electron chi connectivity index (χ2n) is 2.80. The summed E-state index contributed by atoms with van der Waals surface area (Å²) in [6.45, 7) is 2.33. The fraction of sp³-hybridized carbons (Fsp3) is 0.750. The highest BCUT2D eigenvalue weighted by Crippen LogP contribution is 2.35. The molecule has 0 saturated carbocycles. The zero-order valence-electron chi connectivity index (χ0n) is 8.40. The highest BCUT2D eigenvalue weighted by Gasteiger charge is 2.68. The molecular formula is C8H13NO5. The summed E-state index contributed by atoms with van der Waals surface area (Å²) in [5.74, 6) is -1.31. The second kappa shape index (κ2) is 3.93. The number of hydroxylamine groups is 2. The van der Waals surface area contributed by atoms with Crippen LogP contribution >= 0.6 is 0 Å². The van der Waals surface area contributed by atoms with E-state index in [0.717, 1.165) is 0 Å². The second-order valence-corrected chi connectivity index (χ2v) is 2.80. The molecule has 0 spiro atoms. The lowest BCUT2D eigenvalue weighted by Crippen LogP contribution is -2.40. The lowest BCUT2D eigenvalue weighted by Gasteiger charge is -2.11. The van der Waals surface area contributed by atoms with Gasteiger partial charge in [0.25, 0.3) is 5.54 Å². The Kier molecular flexibility index (Phi) is 3.07. The molecule has 0 amide bonds. The Labute approximate surface area is 81.7 Å². The Balaban J connectivity index is 2.75. The first-order valence-electron chi connectivity index (χ1n) is 4.20. The summed E-state index contributed by atoms with van der Waals surface area (Å²) in [6.07, 6.45) is 0. The third-order valence-corrected chi connectivity index (χ3v) is 2.03. The van der Waals surface area contributed by atoms with Crippen molar-refractivity contribution in [3.8, 4) is 0 Å². The summed E-state index contributed by atoms with van der Waals surface area (Å²) in [5.41, 5.74) is -1.38. The molecule has 0 aliphatic carbocycles. The van der Waals surface area contributed by atoms with Crippen molar-refractivity contribution < 1.29 is 23.9 Å². The van der Waals surface area contributed by atoms with E-state index in [2.05, 4.69) is 9.47 Å². The van der Waals surface area contributed by atoms with E-state index >= 15 is 0 Å². The van der Waals surface area contributed by atoms with E-state index in [4.69, 9.17) is 4.84 Å². The van der Waals surface area contributed by atoms with Gasteiger partial charge in [0.2, 0.25) is 0 Å². The van der Waals surface area contributed by atoms with Gasteiger partial charge in [-0.15, -0.1) is 0 Å². The molecule has 6 heteroatoms. The Morgan fingerprint density at radius 3 is 2.14 bits per heavy atom. The third-order valence-electron chi connectivity index (χ3n) is 2.03. The van der Waals surface area contributed by atoms with Crippen LogP contribution in [-0.2, 0) is 23.9 Å². The number of esters is 2. The van der Waals surface area contributed by atoms with Crippen molar-refractivity contribution >= 4 is 11.9 Å². The highest BCUT2D eigenvalue weighted by molar-refractivity contribution is 6.08. The number of hydrogen-bond acceptors (Lipinski definition) is 6. The summed E-state index contributed by atoms with van der Waals surface area (Å²) in [6, 6.07) is 0. The van der Waals surface area contributed by atoms with Crippen molar-refractivity contribution in [2.45, 2.75) is 12.5 Å². The van der Waals surface area contributed by atoms with Crippen molar-refractivity contribution in [3.63, 3.8) is 0 Å². The Morgan fingerprint density at radius 2 is 1.79 bits per heavy atom. The predicted molar refractivity (Wildman–Crippen MR) is 45.1 cm³/mol. The van der Waals surface area contributed by atoms with Gasteiger partial charge in [-0.25, -0.2) is 9.59 Å². The molecule has 80 valence electrons. The van der Waals surface area contributed by atoms with E-state index < -0.39 is 17.5 Å². The molecule has 1 aliphatic rings. The zero-order chi connectivity index (χ0) is 10.8. The molecule has 1 saturated heterocycles. The summed E-state index contributed by atoms with van der Waals surface area (Å²) in [5, 5.41) is 1.25. The minimum absolute atomic E-state index is 0.181. The summed E-state index contributed by atoms with van der Waals surface area (Å²) in [7, 11) is 2.44. The molecule has 0 radical (unpaired) electrons. The number of methoxy groups -OCH3 is 2. The Hall–Kier alpha value is -1.14. The maximum absolute atomic E-state index is 11.3. The van der Waals surface area contributed by atoms with Crippen molar-refractivity contribution in [2.24, 2.45) is 0 Å². The molecule has 0 aromatic heterocycles. The summed E-state index contributed by atoms with van der Waals surface area (Å²) in [4.78, 5) is 27.7. The number of rotatable bonds is 4. The van der Waals surface area contributed by atoms with Gasteiger partial charge in [-0.05, 0) is 6.92 Å². The molecule has 1 aliphatic heterocycles. The van der Waals surface area contributed by atoms with Crippen LogP contribution in [0.5, 0.6) is 0 Å². The third kappa shape index (κ3) is 1.46. The standard InChI is InChI=1S/C8H13NO5/c1-4-14-9-5-8(9,6(10)12-2)7(11)13-3/h4-5H2,1-3H3. The van der Waals surface area contributed by atoms with E-state index in [1.165, 1.54) is 19.3 Å². The van der Waals surface area contributed by atoms with Crippen LogP contribution in [0.25, 0.3) is 0 Å². The number of nitrogens with zero attached hydrogens (tertiary/aromatic N) is 1. The monoisotopic (exact) mass is 203 g/mol. The van der Waals surface area contributed by atoms with Gasteiger partial charge in [-0.2, -0.15) is 5.06 Å². The summed E-state index contributed by atoms with van der Waals surface area (Å²) < 4.78 is 9.03. The van der Waals surface area contributed by atoms with Gasteiger partial charge in [0.05, 0.1) is 27.4 Å². The smallest absolute Gasteiger partial charge is 0.341 e. The molecule has 1 fully saturated rings. The topological polar surface area (TPSA) is 64.8 Å². The van der Waals surface area contributed by atoms with E-state index in [1.807, 2.05) is 0 Å². The number of carbonyl (C=O) groups excluding carboxylic acids is 2. The van der Waals surface area contributed by atoms with Gasteiger partial charge in [0, 0.05) is 0 Å². The lowest BCUT2D eigenvalue weighted by atomic mass is 10.1. The quantitative estimate of drug-likeness (QED) is 0.343. The van der Waals surface area contributed by atoms with E-state index in [0.29, 0.717) is 6.61 Å². The van der Waals surface area contributed by atoms with Gasteiger partial charge in [0.15, 0.2) is 0 Å². The Bertz CT molecular complexity index is 236. The van der Waals surface area contributed by atoms with Crippen LogP contribution < -0.4 is 0 Å². The largest absolute Gasteiger partial charge is 0.467 e. The molecule has 0 aromatic carbocycles. The van der Waals surface area contributed by atoms with Crippen LogP contribution in [0.15, 0.2) is 0 Å². The zero-order valence-corrected chi connectivity index (χ0v) is 8.40. The number of carbonyl (C=O) groups is 2. The molecule has 1 rings (SSSR count). The molecule has 1 heterocycles. The van der Waals surface area contributed by atoms with E-state index in [9.17, 15) is 9.59 Å². The Morgan fingerprint density at radius 1 is 1.29 bits per heavy atom. The van der Waals surface area contributed by atoms with Crippen LogP contribution in [-0.4, -0.2) is 49.9 Å². The highest BCUT2D eigenvalue weighted by atomic mass is 16.7. The molecule has 14 heavy (non-hydrogen) atoms. The molecule has 6 nitrogen and oxygen atoms in total. The summed E-state index contributed by atoms with van der Waals surface area (Å²) >= 11 is 0. The van der Waals surface area contributed by atoms with Crippen LogP contribution in [0.2, 0.25) is 0 Å². The van der Waals surface area contributed by atoms with Crippen LogP contribution in [0.4, 0.5) is 0 Å². The van der Waals surface area contributed by atoms with Gasteiger partial charge in [-0.1, -0.05) is 0 Å². The first-order valence-corrected chi connectivity index (χ1v) is 4.20. The maximum Gasteiger partial charge on any atom is 0.341 e. The van der Waals surface area contributed by atoms with Crippen molar-refractivity contribution in [1.29, 1.82) is 0 Å². The fourth-order valence-corrected chi connectivity index (χ4v) is 1.24. The maximum atomic E-state index is 11.3. The van der Waals surface area contributed by atoms with Crippen LogP contribution in [0.3, 0.4) is 0 Å². The lowest BCUT2D eigenvalue weighted by molar-refractivity contribution is -0.170. The number of ether oxygens (including phenoxy) is 2. The van der Waals surface area contributed by atoms with E-state index in [-0.39, 0.29) is 6.54 Å². The first-order chi connectivity index (χ1) is 6.63. The molecule has 1 unspecified atom stereocenters. The van der Waals surface area contributed by atoms with Gasteiger partial charge in [-0.3, -0.25) is 4.84 Å². The SMILES string of the molecule is CCON1CC1(C(=O)OC)C(=O)OC. The molecular weight excluding hydrogens is 190 g/mol. The van der Waals surface area contributed by atoms with Crippen LogP contribution in [0, 0.1) is 0 Å². The minimum Gasteiger partial charge on any atom is -0.467 e. The van der Waals surface area contributed by atoms with Crippen molar-refractivity contribution in [2.75, 3.05) is 27.4 Å². The van der Waals surface area contributed by atoms with Crippen molar-refractivity contribution in [3.05, 3.63) is 0 Å². The normalized spacial score (nSPS) is 22.6. The molecule has 0 N–H and O–H groups in total. The van der Waals surface area contributed by atoms with Gasteiger partial charge >= 0.3 is 11.9 Å². The average Bonchev–Trinajstić information content (AvgIpc) is 2.92. The molecule has 0 bridgehead atoms. The van der Waals surface area contributed by atoms with E-state index in [1.54, 1.807) is 6.92 Å². The van der Waals surface area contributed by atoms with Gasteiger partial charge < -0.3 is 9.47 Å². The molecule has 0 aromatic rings. The average molecular weight is 203 g/mol. The predicted octanol–water partition coefficient (Wildman–Crippen LogP) is -0.662.